The smallest absolute Gasteiger partial charge is 0.341 e. The summed E-state index contributed by atoms with van der Waals surface area (Å²) < 4.78 is 24.5. The molecule has 0 saturated carbocycles. The Bertz CT molecular complexity index is 1770. The second kappa shape index (κ2) is 8.92. The van der Waals surface area contributed by atoms with E-state index in [2.05, 4.69) is 56.6 Å². The number of nitrogens with zero attached hydrogens (tertiary/aromatic N) is 3. The Morgan fingerprint density at radius 3 is 2.69 bits per heavy atom. The number of carboxylic acids is 1. The number of carboxylic acid groups (broad SMARTS) is 1. The van der Waals surface area contributed by atoms with Gasteiger partial charge < -0.3 is 19.1 Å². The van der Waals surface area contributed by atoms with Crippen LogP contribution >= 0.6 is 23.1 Å². The minimum atomic E-state index is -1.04. The summed E-state index contributed by atoms with van der Waals surface area (Å²) in [7, 11) is 1.54. The molecule has 6 aromatic rings. The van der Waals surface area contributed by atoms with Crippen LogP contribution in [0.4, 0.5) is 0 Å². The predicted molar refractivity (Wildman–Crippen MR) is 144 cm³/mol. The largest absolute Gasteiger partial charge is 0.493 e. The molecule has 0 bridgehead atoms. The minimum absolute atomic E-state index is 0.403. The van der Waals surface area contributed by atoms with E-state index >= 15 is 0 Å². The van der Waals surface area contributed by atoms with Gasteiger partial charge in [0.05, 0.1) is 29.1 Å². The second-order valence-corrected chi connectivity index (χ2v) is 10.0. The van der Waals surface area contributed by atoms with E-state index in [0.29, 0.717) is 18.0 Å². The summed E-state index contributed by atoms with van der Waals surface area (Å²) in [6, 6.07) is 20.3. The Morgan fingerprint density at radius 2 is 1.86 bits per heavy atom. The number of rotatable bonds is 7. The molecule has 180 valence electrons. The zero-order chi connectivity index (χ0) is 24.8. The van der Waals surface area contributed by atoms with Crippen molar-refractivity contribution in [2.75, 3.05) is 13.7 Å². The molecule has 0 fully saturated rings. The third-order valence-corrected chi connectivity index (χ3v) is 8.03. The van der Waals surface area contributed by atoms with Gasteiger partial charge in [-0.3, -0.25) is 0 Å². The third-order valence-electron chi connectivity index (χ3n) is 6.30. The molecule has 36 heavy (non-hydrogen) atoms. The average Bonchev–Trinajstić information content (AvgIpc) is 3.56. The lowest BCUT2D eigenvalue weighted by molar-refractivity contribution is -0.139. The lowest BCUT2D eigenvalue weighted by Crippen LogP contribution is -2.10. The van der Waals surface area contributed by atoms with E-state index in [4.69, 9.17) is 14.6 Å². The normalized spacial score (nSPS) is 11.5. The number of benzene rings is 3. The second-order valence-electron chi connectivity index (χ2n) is 8.46. The number of carbonyl (C=O) groups is 1. The maximum absolute atomic E-state index is 11.1. The van der Waals surface area contributed by atoms with Crippen molar-refractivity contribution in [1.29, 1.82) is 0 Å². The summed E-state index contributed by atoms with van der Waals surface area (Å²) in [6.07, 6.45) is 0. The fourth-order valence-electron chi connectivity index (χ4n) is 4.67. The van der Waals surface area contributed by atoms with Gasteiger partial charge in [-0.15, -0.1) is 11.3 Å². The van der Waals surface area contributed by atoms with Crippen LogP contribution in [0.1, 0.15) is 11.3 Å². The number of hydrogen-bond donors (Lipinski definition) is 1. The van der Waals surface area contributed by atoms with Crippen molar-refractivity contribution in [2.24, 2.45) is 0 Å². The van der Waals surface area contributed by atoms with Crippen LogP contribution in [0.3, 0.4) is 0 Å². The quantitative estimate of drug-likeness (QED) is 0.266. The predicted octanol–water partition coefficient (Wildman–Crippen LogP) is 6.36. The zero-order valence-corrected chi connectivity index (χ0v) is 21.2. The van der Waals surface area contributed by atoms with Crippen molar-refractivity contribution in [1.82, 2.24) is 13.3 Å². The Hall–Kier alpha value is -3.95. The molecule has 0 radical (unpaired) electrons. The first-order valence-electron chi connectivity index (χ1n) is 11.3. The van der Waals surface area contributed by atoms with Gasteiger partial charge in [0.1, 0.15) is 11.0 Å². The standard InChI is InChI=1S/C27H21N3O4S2/c1-15-25(17-8-10-21(33-2)22(12-17)34-14-24(31)32)27-26(18-5-3-4-6-23(18)35-27)30(15)13-16-7-9-19-20(11-16)29-36-28-19/h3-12H,13-14H2,1-2H3,(H,31,32). The Balaban J connectivity index is 1.55. The van der Waals surface area contributed by atoms with Gasteiger partial charge in [-0.25, -0.2) is 4.79 Å². The number of thiophene rings is 1. The molecular formula is C27H21N3O4S2. The summed E-state index contributed by atoms with van der Waals surface area (Å²) in [6.45, 7) is 2.38. The first-order chi connectivity index (χ1) is 17.5. The monoisotopic (exact) mass is 515 g/mol. The van der Waals surface area contributed by atoms with Crippen LogP contribution < -0.4 is 9.47 Å². The highest BCUT2D eigenvalue weighted by molar-refractivity contribution is 7.26. The molecular weight excluding hydrogens is 494 g/mol. The summed E-state index contributed by atoms with van der Waals surface area (Å²) in [5.41, 5.74) is 7.32. The molecule has 9 heteroatoms. The Labute approximate surface area is 214 Å². The van der Waals surface area contributed by atoms with Crippen molar-refractivity contribution < 1.29 is 19.4 Å². The maximum atomic E-state index is 11.1. The molecule has 6 rings (SSSR count). The van der Waals surface area contributed by atoms with Crippen molar-refractivity contribution in [2.45, 2.75) is 13.5 Å². The highest BCUT2D eigenvalue weighted by atomic mass is 32.1. The molecule has 3 aromatic heterocycles. The molecule has 1 N–H and O–H groups in total. The van der Waals surface area contributed by atoms with Gasteiger partial charge in [-0.1, -0.05) is 30.3 Å². The van der Waals surface area contributed by atoms with Crippen molar-refractivity contribution >= 4 is 60.4 Å². The summed E-state index contributed by atoms with van der Waals surface area (Å²) in [4.78, 5) is 11.1. The summed E-state index contributed by atoms with van der Waals surface area (Å²) >= 11 is 2.98. The van der Waals surface area contributed by atoms with Gasteiger partial charge >= 0.3 is 5.97 Å². The molecule has 0 aliphatic heterocycles. The highest BCUT2D eigenvalue weighted by Gasteiger charge is 2.22. The molecule has 0 unspecified atom stereocenters. The van der Waals surface area contributed by atoms with Gasteiger partial charge in [0.2, 0.25) is 0 Å². The van der Waals surface area contributed by atoms with Crippen LogP contribution in [0.25, 0.3) is 42.5 Å². The van der Waals surface area contributed by atoms with Crippen LogP contribution in [0.5, 0.6) is 11.5 Å². The number of fused-ring (bicyclic) bond motifs is 4. The molecule has 0 aliphatic carbocycles. The first kappa shape index (κ1) is 22.5. The number of methoxy groups -OCH3 is 1. The molecule has 0 atom stereocenters. The Kier molecular flexibility index (Phi) is 5.58. The minimum Gasteiger partial charge on any atom is -0.493 e. The van der Waals surface area contributed by atoms with E-state index in [1.165, 1.54) is 32.0 Å². The zero-order valence-electron chi connectivity index (χ0n) is 19.5. The molecule has 0 spiro atoms. The SMILES string of the molecule is COc1ccc(-c2c(C)n(Cc3ccc4nsnc4c3)c3c2sc2ccccc23)cc1OCC(=O)O. The van der Waals surface area contributed by atoms with Crippen LogP contribution in [0.2, 0.25) is 0 Å². The van der Waals surface area contributed by atoms with Crippen LogP contribution in [-0.2, 0) is 11.3 Å². The number of ether oxygens (including phenoxy) is 2. The van der Waals surface area contributed by atoms with Crippen LogP contribution in [0.15, 0.2) is 60.7 Å². The molecule has 7 nitrogen and oxygen atoms in total. The number of aliphatic carboxylic acids is 1. The molecule has 0 aliphatic rings. The van der Waals surface area contributed by atoms with E-state index < -0.39 is 12.6 Å². The number of hydrogen-bond acceptors (Lipinski definition) is 7. The molecule has 3 aromatic carbocycles. The van der Waals surface area contributed by atoms with E-state index in [9.17, 15) is 4.79 Å². The Morgan fingerprint density at radius 1 is 1.03 bits per heavy atom. The van der Waals surface area contributed by atoms with E-state index in [1.807, 2.05) is 24.3 Å². The first-order valence-corrected chi connectivity index (χ1v) is 12.8. The van der Waals surface area contributed by atoms with Crippen molar-refractivity contribution in [3.63, 3.8) is 0 Å². The average molecular weight is 516 g/mol. The van der Waals surface area contributed by atoms with E-state index in [0.717, 1.165) is 33.4 Å². The van der Waals surface area contributed by atoms with E-state index in [-0.39, 0.29) is 0 Å². The van der Waals surface area contributed by atoms with Gasteiger partial charge in [0.15, 0.2) is 18.1 Å². The third kappa shape index (κ3) is 3.77. The lowest BCUT2D eigenvalue weighted by atomic mass is 10.1. The lowest BCUT2D eigenvalue weighted by Gasteiger charge is -2.13. The van der Waals surface area contributed by atoms with E-state index in [1.54, 1.807) is 18.4 Å². The number of aromatic nitrogens is 3. The van der Waals surface area contributed by atoms with Gasteiger partial charge in [-0.05, 0) is 48.4 Å². The molecule has 0 amide bonds. The summed E-state index contributed by atoms with van der Waals surface area (Å²) in [5, 5.41) is 10.3. The van der Waals surface area contributed by atoms with Crippen LogP contribution in [0, 0.1) is 6.92 Å². The maximum Gasteiger partial charge on any atom is 0.341 e. The highest BCUT2D eigenvalue weighted by Crippen LogP contribution is 2.45. The summed E-state index contributed by atoms with van der Waals surface area (Å²) in [5.74, 6) is -0.140. The molecule has 0 saturated heterocycles. The van der Waals surface area contributed by atoms with Gasteiger partial charge in [0.25, 0.3) is 0 Å². The van der Waals surface area contributed by atoms with Gasteiger partial charge in [-0.2, -0.15) is 8.75 Å². The van der Waals surface area contributed by atoms with Crippen molar-refractivity contribution in [3.8, 4) is 22.6 Å². The topological polar surface area (TPSA) is 86.5 Å². The fourth-order valence-corrected chi connectivity index (χ4v) is 6.51. The fraction of sp³-hybridized carbons (Fsp3) is 0.148. The molecule has 3 heterocycles. The van der Waals surface area contributed by atoms with Crippen molar-refractivity contribution in [3.05, 3.63) is 71.9 Å². The van der Waals surface area contributed by atoms with Gasteiger partial charge in [0, 0.05) is 27.9 Å². The van der Waals surface area contributed by atoms with Crippen LogP contribution in [-0.4, -0.2) is 38.1 Å².